The first-order valence-electron chi connectivity index (χ1n) is 8.87. The molecule has 3 rings (SSSR count). The average Bonchev–Trinajstić information content (AvgIpc) is 2.74. The van der Waals surface area contributed by atoms with Gasteiger partial charge in [0.25, 0.3) is 5.91 Å². The zero-order chi connectivity index (χ0) is 18.7. The summed E-state index contributed by atoms with van der Waals surface area (Å²) in [5.41, 5.74) is 4.32. The van der Waals surface area contributed by atoms with Gasteiger partial charge in [0.05, 0.1) is 5.92 Å². The highest BCUT2D eigenvalue weighted by Crippen LogP contribution is 2.20. The lowest BCUT2D eigenvalue weighted by molar-refractivity contribution is -0.135. The van der Waals surface area contributed by atoms with Crippen molar-refractivity contribution in [2.75, 3.05) is 13.2 Å². The van der Waals surface area contributed by atoms with E-state index in [9.17, 15) is 4.79 Å². The molecule has 0 saturated carbocycles. The van der Waals surface area contributed by atoms with E-state index in [0.717, 1.165) is 17.0 Å². The van der Waals surface area contributed by atoms with Crippen LogP contribution >= 0.6 is 0 Å². The molecule has 1 N–H and O–H groups in total. The van der Waals surface area contributed by atoms with Crippen molar-refractivity contribution in [1.82, 2.24) is 10.5 Å². The molecular weight excluding hydrogens is 340 g/mol. The van der Waals surface area contributed by atoms with Crippen molar-refractivity contribution < 1.29 is 14.4 Å². The zero-order valence-corrected chi connectivity index (χ0v) is 15.0. The molecule has 0 saturated heterocycles. The number of hydrogen-bond acceptors (Lipinski definition) is 4. The first kappa shape index (κ1) is 18.6. The Balaban J connectivity index is 1.53. The topological polar surface area (TPSA) is 60.5 Å². The summed E-state index contributed by atoms with van der Waals surface area (Å²) in [7, 11) is 0. The number of benzene rings is 2. The highest BCUT2D eigenvalue weighted by atomic mass is 16.7. The minimum Gasteiger partial charge on any atom is -0.491 e. The maximum atomic E-state index is 12.7. The third kappa shape index (κ3) is 5.94. The van der Waals surface area contributed by atoms with Gasteiger partial charge in [-0.25, -0.2) is 5.48 Å². The molecule has 0 aliphatic carbocycles. The molecule has 1 unspecified atom stereocenters. The van der Waals surface area contributed by atoms with Crippen molar-refractivity contribution in [3.8, 4) is 5.75 Å². The second-order valence-electron chi connectivity index (χ2n) is 5.96. The van der Waals surface area contributed by atoms with Crippen LogP contribution in [0.1, 0.15) is 17.2 Å². The summed E-state index contributed by atoms with van der Waals surface area (Å²) in [6.07, 6.45) is 2.23. The molecule has 138 valence electrons. The van der Waals surface area contributed by atoms with E-state index < -0.39 is 0 Å². The Morgan fingerprint density at radius 3 is 2.30 bits per heavy atom. The van der Waals surface area contributed by atoms with E-state index >= 15 is 0 Å². The number of pyridine rings is 1. The van der Waals surface area contributed by atoms with Crippen LogP contribution in [-0.4, -0.2) is 24.1 Å². The molecule has 5 heteroatoms. The predicted molar refractivity (Wildman–Crippen MR) is 103 cm³/mol. The minimum atomic E-state index is -0.379. The van der Waals surface area contributed by atoms with Crippen molar-refractivity contribution in [3.63, 3.8) is 0 Å². The molecule has 2 aromatic carbocycles. The fourth-order valence-electron chi connectivity index (χ4n) is 2.69. The SMILES string of the molecule is O=C(NOCCOc1ccccc1)C(Cc1ccccn1)c1ccccc1. The Kier molecular flexibility index (Phi) is 6.95. The van der Waals surface area contributed by atoms with Gasteiger partial charge in [0.1, 0.15) is 19.0 Å². The standard InChI is InChI=1S/C22H22N2O3/c25-22(24-27-16-15-26-20-12-5-2-6-13-20)21(18-9-3-1-4-10-18)17-19-11-7-8-14-23-19/h1-14,21H,15-17H2,(H,24,25). The summed E-state index contributed by atoms with van der Waals surface area (Å²) in [5.74, 6) is 0.187. The molecular formula is C22H22N2O3. The number of aromatic nitrogens is 1. The zero-order valence-electron chi connectivity index (χ0n) is 15.0. The van der Waals surface area contributed by atoms with Crippen molar-refractivity contribution in [3.05, 3.63) is 96.3 Å². The molecule has 0 aliphatic rings. The van der Waals surface area contributed by atoms with Crippen LogP contribution < -0.4 is 10.2 Å². The van der Waals surface area contributed by atoms with Crippen LogP contribution in [0.15, 0.2) is 85.1 Å². The molecule has 5 nitrogen and oxygen atoms in total. The lowest BCUT2D eigenvalue weighted by atomic mass is 9.93. The number of ether oxygens (including phenoxy) is 1. The second-order valence-corrected chi connectivity index (χ2v) is 5.96. The lowest BCUT2D eigenvalue weighted by Crippen LogP contribution is -2.32. The van der Waals surface area contributed by atoms with Gasteiger partial charge in [0.2, 0.25) is 0 Å². The van der Waals surface area contributed by atoms with Gasteiger partial charge < -0.3 is 4.74 Å². The van der Waals surface area contributed by atoms with Gasteiger partial charge >= 0.3 is 0 Å². The molecule has 27 heavy (non-hydrogen) atoms. The quantitative estimate of drug-likeness (QED) is 0.467. The Bertz CT molecular complexity index is 811. The van der Waals surface area contributed by atoms with Gasteiger partial charge in [-0.2, -0.15) is 0 Å². The van der Waals surface area contributed by atoms with E-state index in [-0.39, 0.29) is 18.4 Å². The largest absolute Gasteiger partial charge is 0.491 e. The van der Waals surface area contributed by atoms with Crippen molar-refractivity contribution >= 4 is 5.91 Å². The summed E-state index contributed by atoms with van der Waals surface area (Å²) in [6.45, 7) is 0.603. The van der Waals surface area contributed by atoms with E-state index in [0.29, 0.717) is 13.0 Å². The number of nitrogens with zero attached hydrogens (tertiary/aromatic N) is 1. The molecule has 1 aromatic heterocycles. The summed E-state index contributed by atoms with van der Waals surface area (Å²) in [6, 6.07) is 24.8. The third-order valence-corrected chi connectivity index (χ3v) is 4.03. The second kappa shape index (κ2) is 10.1. The molecule has 3 aromatic rings. The average molecular weight is 362 g/mol. The number of amides is 1. The van der Waals surface area contributed by atoms with Crippen LogP contribution in [0.4, 0.5) is 0 Å². The van der Waals surface area contributed by atoms with Gasteiger partial charge in [0, 0.05) is 18.3 Å². The van der Waals surface area contributed by atoms with Crippen LogP contribution in [0.3, 0.4) is 0 Å². The van der Waals surface area contributed by atoms with Crippen LogP contribution in [0, 0.1) is 0 Å². The number of carbonyl (C=O) groups excluding carboxylic acids is 1. The first-order chi connectivity index (χ1) is 13.3. The van der Waals surface area contributed by atoms with E-state index in [1.54, 1.807) is 6.20 Å². The smallest absolute Gasteiger partial charge is 0.251 e. The number of nitrogens with one attached hydrogen (secondary N) is 1. The van der Waals surface area contributed by atoms with E-state index in [4.69, 9.17) is 9.57 Å². The van der Waals surface area contributed by atoms with Gasteiger partial charge in [-0.05, 0) is 29.8 Å². The van der Waals surface area contributed by atoms with Gasteiger partial charge in [-0.3, -0.25) is 14.6 Å². The van der Waals surface area contributed by atoms with E-state index in [1.165, 1.54) is 0 Å². The number of hydroxylamine groups is 1. The predicted octanol–water partition coefficient (Wildman–Crippen LogP) is 3.53. The minimum absolute atomic E-state index is 0.202. The van der Waals surface area contributed by atoms with Gasteiger partial charge in [-0.1, -0.05) is 54.6 Å². The fraction of sp³-hybridized carbons (Fsp3) is 0.182. The molecule has 0 aliphatic heterocycles. The van der Waals surface area contributed by atoms with Gasteiger partial charge in [-0.15, -0.1) is 0 Å². The summed E-state index contributed by atoms with van der Waals surface area (Å²) in [5, 5.41) is 0. The van der Waals surface area contributed by atoms with Crippen molar-refractivity contribution in [2.24, 2.45) is 0 Å². The molecule has 1 atom stereocenters. The normalized spacial score (nSPS) is 11.6. The van der Waals surface area contributed by atoms with E-state index in [1.807, 2.05) is 78.9 Å². The molecule has 0 spiro atoms. The van der Waals surface area contributed by atoms with Crippen LogP contribution in [0.5, 0.6) is 5.75 Å². The molecule has 1 amide bonds. The Morgan fingerprint density at radius 1 is 0.889 bits per heavy atom. The number of carbonyl (C=O) groups is 1. The number of hydrogen-bond donors (Lipinski definition) is 1. The molecule has 0 fully saturated rings. The number of para-hydroxylation sites is 1. The Hall–Kier alpha value is -3.18. The van der Waals surface area contributed by atoms with Crippen LogP contribution in [-0.2, 0) is 16.1 Å². The van der Waals surface area contributed by atoms with Crippen LogP contribution in [0.2, 0.25) is 0 Å². The van der Waals surface area contributed by atoms with Crippen molar-refractivity contribution in [1.29, 1.82) is 0 Å². The summed E-state index contributed by atoms with van der Waals surface area (Å²) in [4.78, 5) is 22.3. The number of rotatable bonds is 9. The third-order valence-electron chi connectivity index (χ3n) is 4.03. The Morgan fingerprint density at radius 2 is 1.59 bits per heavy atom. The fourth-order valence-corrected chi connectivity index (χ4v) is 2.69. The maximum absolute atomic E-state index is 12.7. The van der Waals surface area contributed by atoms with E-state index in [2.05, 4.69) is 10.5 Å². The summed E-state index contributed by atoms with van der Waals surface area (Å²) < 4.78 is 5.54. The molecule has 1 heterocycles. The monoisotopic (exact) mass is 362 g/mol. The van der Waals surface area contributed by atoms with Crippen LogP contribution in [0.25, 0.3) is 0 Å². The maximum Gasteiger partial charge on any atom is 0.251 e. The lowest BCUT2D eigenvalue weighted by Gasteiger charge is -2.17. The van der Waals surface area contributed by atoms with Crippen molar-refractivity contribution in [2.45, 2.75) is 12.3 Å². The first-order valence-corrected chi connectivity index (χ1v) is 8.87. The van der Waals surface area contributed by atoms with Gasteiger partial charge in [0.15, 0.2) is 0 Å². The highest BCUT2D eigenvalue weighted by Gasteiger charge is 2.21. The summed E-state index contributed by atoms with van der Waals surface area (Å²) >= 11 is 0. The highest BCUT2D eigenvalue weighted by molar-refractivity contribution is 5.83. The molecule has 0 bridgehead atoms. The molecule has 0 radical (unpaired) electrons. The Labute approximate surface area is 158 Å².